The Hall–Kier alpha value is -1.93. The Balaban J connectivity index is 2.17. The average Bonchev–Trinajstić information content (AvgIpc) is 2.76. The maximum absolute atomic E-state index is 12.5. The van der Waals surface area contributed by atoms with Crippen molar-refractivity contribution in [2.24, 2.45) is 0 Å². The van der Waals surface area contributed by atoms with Gasteiger partial charge in [0.25, 0.3) is 5.91 Å². The van der Waals surface area contributed by atoms with E-state index in [1.807, 2.05) is 13.0 Å². The van der Waals surface area contributed by atoms with Gasteiger partial charge in [0, 0.05) is 28.8 Å². The van der Waals surface area contributed by atoms with Gasteiger partial charge in [0.2, 0.25) is 0 Å². The lowest BCUT2D eigenvalue weighted by Gasteiger charge is -2.15. The molecule has 0 bridgehead atoms. The van der Waals surface area contributed by atoms with Gasteiger partial charge < -0.3 is 20.6 Å². The molecular weight excluding hydrogens is 366 g/mol. The van der Waals surface area contributed by atoms with E-state index in [9.17, 15) is 14.4 Å². The SMILES string of the molecule is CCN1C(=O)[C@H](NC(=O)C(=O)NC[C@@H](C)O)c2cc(Br)ccc21. The number of rotatable bonds is 4. The molecule has 7 nitrogen and oxygen atoms in total. The first-order valence-electron chi connectivity index (χ1n) is 7.22. The standard InChI is InChI=1S/C15H18BrN3O4/c1-3-19-11-5-4-9(16)6-10(11)12(15(19)23)18-14(22)13(21)17-7-8(2)20/h4-6,8,12,20H,3,7H2,1-2H3,(H,17,21)(H,18,22)/t8-,12-/m1/s1. The maximum Gasteiger partial charge on any atom is 0.310 e. The van der Waals surface area contributed by atoms with E-state index in [4.69, 9.17) is 5.11 Å². The molecule has 0 unspecified atom stereocenters. The first-order chi connectivity index (χ1) is 10.8. The summed E-state index contributed by atoms with van der Waals surface area (Å²) in [5.74, 6) is -2.07. The normalized spacial score (nSPS) is 17.7. The van der Waals surface area contributed by atoms with Gasteiger partial charge in [-0.05, 0) is 32.0 Å². The number of aliphatic hydroxyl groups is 1. The van der Waals surface area contributed by atoms with E-state index >= 15 is 0 Å². The summed E-state index contributed by atoms with van der Waals surface area (Å²) in [5.41, 5.74) is 1.36. The van der Waals surface area contributed by atoms with Crippen LogP contribution in [0.15, 0.2) is 22.7 Å². The third kappa shape index (κ3) is 3.70. The first-order valence-corrected chi connectivity index (χ1v) is 8.02. The Labute approximate surface area is 142 Å². The summed E-state index contributed by atoms with van der Waals surface area (Å²) in [7, 11) is 0. The largest absolute Gasteiger partial charge is 0.392 e. The molecule has 0 aromatic heterocycles. The zero-order valence-corrected chi connectivity index (χ0v) is 14.4. The molecule has 1 heterocycles. The third-order valence-corrected chi connectivity index (χ3v) is 3.95. The van der Waals surface area contributed by atoms with Crippen LogP contribution in [0.25, 0.3) is 0 Å². The number of nitrogens with zero attached hydrogens (tertiary/aromatic N) is 1. The van der Waals surface area contributed by atoms with Crippen LogP contribution in [0.2, 0.25) is 0 Å². The number of nitrogens with one attached hydrogen (secondary N) is 2. The van der Waals surface area contributed by atoms with E-state index in [-0.39, 0.29) is 12.5 Å². The summed E-state index contributed by atoms with van der Waals surface area (Å²) in [6, 6.07) is 4.46. The van der Waals surface area contributed by atoms with Crippen LogP contribution in [0.4, 0.5) is 5.69 Å². The second kappa shape index (κ2) is 7.10. The average molecular weight is 384 g/mol. The summed E-state index contributed by atoms with van der Waals surface area (Å²) in [6.45, 7) is 3.76. The molecule has 2 atom stereocenters. The van der Waals surface area contributed by atoms with Crippen molar-refractivity contribution in [2.45, 2.75) is 26.0 Å². The van der Waals surface area contributed by atoms with Crippen LogP contribution < -0.4 is 15.5 Å². The maximum atomic E-state index is 12.5. The Kier molecular flexibility index (Phi) is 5.38. The van der Waals surface area contributed by atoms with Crippen molar-refractivity contribution in [3.63, 3.8) is 0 Å². The minimum Gasteiger partial charge on any atom is -0.392 e. The molecular formula is C15H18BrN3O4. The lowest BCUT2D eigenvalue weighted by atomic mass is 10.1. The predicted molar refractivity (Wildman–Crippen MR) is 87.7 cm³/mol. The van der Waals surface area contributed by atoms with Crippen LogP contribution in [-0.2, 0) is 14.4 Å². The van der Waals surface area contributed by atoms with Gasteiger partial charge in [-0.15, -0.1) is 0 Å². The number of likely N-dealkylation sites (N-methyl/N-ethyl adjacent to an activating group) is 1. The van der Waals surface area contributed by atoms with Crippen LogP contribution in [0.5, 0.6) is 0 Å². The van der Waals surface area contributed by atoms with Gasteiger partial charge in [0.05, 0.1) is 6.10 Å². The molecule has 1 aliphatic heterocycles. The monoisotopic (exact) mass is 383 g/mol. The minimum absolute atomic E-state index is 0.0336. The van der Waals surface area contributed by atoms with Gasteiger partial charge in [-0.2, -0.15) is 0 Å². The highest BCUT2D eigenvalue weighted by Crippen LogP contribution is 2.37. The Morgan fingerprint density at radius 1 is 1.39 bits per heavy atom. The molecule has 2 rings (SSSR count). The van der Waals surface area contributed by atoms with Gasteiger partial charge >= 0.3 is 11.8 Å². The fourth-order valence-electron chi connectivity index (χ4n) is 2.39. The van der Waals surface area contributed by atoms with Crippen LogP contribution in [0.3, 0.4) is 0 Å². The molecule has 124 valence electrons. The zero-order chi connectivity index (χ0) is 17.1. The van der Waals surface area contributed by atoms with Crippen molar-refractivity contribution >= 4 is 39.3 Å². The van der Waals surface area contributed by atoms with Gasteiger partial charge in [0.1, 0.15) is 6.04 Å². The number of carbonyl (C=O) groups excluding carboxylic acids is 3. The second-order valence-corrected chi connectivity index (χ2v) is 6.17. The van der Waals surface area contributed by atoms with Crippen LogP contribution in [0.1, 0.15) is 25.5 Å². The number of amides is 3. The number of halogens is 1. The molecule has 0 aliphatic carbocycles. The van der Waals surface area contributed by atoms with Crippen molar-refractivity contribution in [3.05, 3.63) is 28.2 Å². The molecule has 23 heavy (non-hydrogen) atoms. The lowest BCUT2D eigenvalue weighted by molar-refractivity contribution is -0.140. The summed E-state index contributed by atoms with van der Waals surface area (Å²) < 4.78 is 0.778. The molecule has 0 fully saturated rings. The third-order valence-electron chi connectivity index (χ3n) is 3.46. The highest BCUT2D eigenvalue weighted by Gasteiger charge is 2.38. The molecule has 0 radical (unpaired) electrons. The van der Waals surface area contributed by atoms with Crippen molar-refractivity contribution in [2.75, 3.05) is 18.0 Å². The molecule has 1 aromatic carbocycles. The fraction of sp³-hybridized carbons (Fsp3) is 0.400. The number of hydrogen-bond acceptors (Lipinski definition) is 4. The minimum atomic E-state index is -0.909. The first kappa shape index (κ1) is 17.4. The van der Waals surface area contributed by atoms with Crippen LogP contribution >= 0.6 is 15.9 Å². The smallest absolute Gasteiger partial charge is 0.310 e. The van der Waals surface area contributed by atoms with Crippen LogP contribution in [-0.4, -0.2) is 42.0 Å². The quantitative estimate of drug-likeness (QED) is 0.658. The van der Waals surface area contributed by atoms with E-state index in [2.05, 4.69) is 26.6 Å². The topological polar surface area (TPSA) is 98.7 Å². The molecule has 3 amide bonds. The summed E-state index contributed by atoms with van der Waals surface area (Å²) >= 11 is 3.34. The summed E-state index contributed by atoms with van der Waals surface area (Å²) in [4.78, 5) is 37.7. The van der Waals surface area contributed by atoms with E-state index in [0.29, 0.717) is 12.1 Å². The Morgan fingerprint density at radius 2 is 2.09 bits per heavy atom. The summed E-state index contributed by atoms with van der Waals surface area (Å²) in [6.07, 6.45) is -0.757. The number of anilines is 1. The molecule has 1 aliphatic rings. The van der Waals surface area contributed by atoms with E-state index in [0.717, 1.165) is 10.2 Å². The van der Waals surface area contributed by atoms with E-state index in [1.54, 1.807) is 17.0 Å². The van der Waals surface area contributed by atoms with Crippen molar-refractivity contribution in [1.82, 2.24) is 10.6 Å². The van der Waals surface area contributed by atoms with Gasteiger partial charge in [0.15, 0.2) is 0 Å². The van der Waals surface area contributed by atoms with E-state index < -0.39 is 24.0 Å². The number of carbonyl (C=O) groups is 3. The van der Waals surface area contributed by atoms with Crippen LogP contribution in [0, 0.1) is 0 Å². The fourth-order valence-corrected chi connectivity index (χ4v) is 2.77. The van der Waals surface area contributed by atoms with Crippen molar-refractivity contribution in [1.29, 1.82) is 0 Å². The lowest BCUT2D eigenvalue weighted by Crippen LogP contribution is -2.45. The van der Waals surface area contributed by atoms with Gasteiger partial charge in [-0.3, -0.25) is 14.4 Å². The van der Waals surface area contributed by atoms with E-state index in [1.165, 1.54) is 6.92 Å². The summed E-state index contributed by atoms with van der Waals surface area (Å²) in [5, 5.41) is 13.9. The van der Waals surface area contributed by atoms with Gasteiger partial charge in [-0.25, -0.2) is 0 Å². The molecule has 0 saturated heterocycles. The molecule has 8 heteroatoms. The molecule has 1 aromatic rings. The molecule has 0 spiro atoms. The number of hydrogen-bond donors (Lipinski definition) is 3. The zero-order valence-electron chi connectivity index (χ0n) is 12.8. The van der Waals surface area contributed by atoms with Crippen molar-refractivity contribution in [3.8, 4) is 0 Å². The number of aliphatic hydroxyl groups excluding tert-OH is 1. The number of fused-ring (bicyclic) bond motifs is 1. The Bertz CT molecular complexity index is 648. The molecule has 0 saturated carbocycles. The number of benzene rings is 1. The highest BCUT2D eigenvalue weighted by molar-refractivity contribution is 9.10. The highest BCUT2D eigenvalue weighted by atomic mass is 79.9. The van der Waals surface area contributed by atoms with Crippen molar-refractivity contribution < 1.29 is 19.5 Å². The molecule has 3 N–H and O–H groups in total. The second-order valence-electron chi connectivity index (χ2n) is 5.25. The Morgan fingerprint density at radius 3 is 2.70 bits per heavy atom. The predicted octanol–water partition coefficient (Wildman–Crippen LogP) is 0.470. The van der Waals surface area contributed by atoms with Gasteiger partial charge in [-0.1, -0.05) is 15.9 Å².